The molecule has 1 aliphatic carbocycles. The zero-order valence-electron chi connectivity index (χ0n) is 21.1. The van der Waals surface area contributed by atoms with Crippen molar-refractivity contribution in [3.05, 3.63) is 71.0 Å². The van der Waals surface area contributed by atoms with Crippen molar-refractivity contribution in [3.63, 3.8) is 0 Å². The van der Waals surface area contributed by atoms with Crippen LogP contribution in [0.2, 0.25) is 0 Å². The van der Waals surface area contributed by atoms with Gasteiger partial charge in [0, 0.05) is 19.0 Å². The Balaban J connectivity index is 1.73. The van der Waals surface area contributed by atoms with Gasteiger partial charge in [-0.25, -0.2) is 4.39 Å². The Morgan fingerprint density at radius 1 is 1.00 bits per heavy atom. The molecule has 1 aliphatic rings. The highest BCUT2D eigenvalue weighted by Gasteiger charge is 2.30. The molecule has 1 atom stereocenters. The summed E-state index contributed by atoms with van der Waals surface area (Å²) in [6.07, 6.45) is 5.73. The number of rotatable bonds is 9. The number of nitrogens with one attached hydrogen (secondary N) is 1. The number of carbonyl (C=O) groups excluding carboxylic acids is 2. The molecule has 0 heterocycles. The molecular formula is C29H39FN2O2. The van der Waals surface area contributed by atoms with Crippen molar-refractivity contribution in [2.75, 3.05) is 0 Å². The van der Waals surface area contributed by atoms with E-state index >= 15 is 0 Å². The standard InChI is InChI=1S/C29H39FN2O2/c1-5-26(28(34)31-25-8-6-7-9-25)32(20-22-12-17-24(30)18-13-22)27(33)19-14-21-10-15-23(16-11-21)29(2,3)4/h10-13,15-18,25-26H,5-9,14,19-20H2,1-4H3,(H,31,34). The van der Waals surface area contributed by atoms with Crippen LogP contribution < -0.4 is 5.32 Å². The van der Waals surface area contributed by atoms with Crippen LogP contribution in [0.5, 0.6) is 0 Å². The van der Waals surface area contributed by atoms with Gasteiger partial charge < -0.3 is 10.2 Å². The third-order valence-electron chi connectivity index (χ3n) is 6.80. The van der Waals surface area contributed by atoms with E-state index in [4.69, 9.17) is 0 Å². The fourth-order valence-corrected chi connectivity index (χ4v) is 4.64. The maximum absolute atomic E-state index is 13.4. The fourth-order valence-electron chi connectivity index (χ4n) is 4.64. The largest absolute Gasteiger partial charge is 0.352 e. The molecule has 0 bridgehead atoms. The van der Waals surface area contributed by atoms with Crippen LogP contribution in [0.4, 0.5) is 4.39 Å². The van der Waals surface area contributed by atoms with E-state index in [1.165, 1.54) is 17.7 Å². The number of halogens is 1. The van der Waals surface area contributed by atoms with Gasteiger partial charge in [-0.3, -0.25) is 9.59 Å². The van der Waals surface area contributed by atoms with Gasteiger partial charge in [0.1, 0.15) is 11.9 Å². The van der Waals surface area contributed by atoms with Crippen molar-refractivity contribution in [2.45, 2.75) is 96.7 Å². The van der Waals surface area contributed by atoms with Gasteiger partial charge in [-0.05, 0) is 59.9 Å². The number of nitrogens with zero attached hydrogens (tertiary/aromatic N) is 1. The molecule has 184 valence electrons. The Kier molecular flexibility index (Phi) is 8.87. The average molecular weight is 467 g/mol. The van der Waals surface area contributed by atoms with Crippen molar-refractivity contribution in [1.29, 1.82) is 0 Å². The molecule has 1 unspecified atom stereocenters. The first-order valence-electron chi connectivity index (χ1n) is 12.6. The summed E-state index contributed by atoms with van der Waals surface area (Å²) in [6, 6.07) is 14.2. The number of hydrogen-bond donors (Lipinski definition) is 1. The summed E-state index contributed by atoms with van der Waals surface area (Å²) in [5.41, 5.74) is 3.26. The van der Waals surface area contributed by atoms with Crippen LogP contribution in [0.15, 0.2) is 48.5 Å². The maximum Gasteiger partial charge on any atom is 0.243 e. The number of amides is 2. The van der Waals surface area contributed by atoms with E-state index in [-0.39, 0.29) is 29.1 Å². The van der Waals surface area contributed by atoms with Crippen LogP contribution in [0.3, 0.4) is 0 Å². The number of benzene rings is 2. The quantitative estimate of drug-likeness (QED) is 0.499. The first-order valence-corrected chi connectivity index (χ1v) is 12.6. The summed E-state index contributed by atoms with van der Waals surface area (Å²) in [5, 5.41) is 3.16. The lowest BCUT2D eigenvalue weighted by Gasteiger charge is -2.31. The molecule has 0 spiro atoms. The summed E-state index contributed by atoms with van der Waals surface area (Å²) < 4.78 is 13.4. The maximum atomic E-state index is 13.4. The highest BCUT2D eigenvalue weighted by Crippen LogP contribution is 2.23. The van der Waals surface area contributed by atoms with E-state index < -0.39 is 6.04 Å². The molecule has 2 aromatic rings. The van der Waals surface area contributed by atoms with Crippen molar-refractivity contribution in [1.82, 2.24) is 10.2 Å². The van der Waals surface area contributed by atoms with Crippen molar-refractivity contribution in [3.8, 4) is 0 Å². The predicted molar refractivity (Wildman–Crippen MR) is 135 cm³/mol. The molecule has 0 aliphatic heterocycles. The molecule has 1 saturated carbocycles. The molecule has 34 heavy (non-hydrogen) atoms. The highest BCUT2D eigenvalue weighted by atomic mass is 19.1. The van der Waals surface area contributed by atoms with Gasteiger partial charge in [-0.2, -0.15) is 0 Å². The summed E-state index contributed by atoms with van der Waals surface area (Å²) in [6.45, 7) is 8.77. The number of hydrogen-bond acceptors (Lipinski definition) is 2. The monoisotopic (exact) mass is 466 g/mol. The Morgan fingerprint density at radius 2 is 1.59 bits per heavy atom. The predicted octanol–water partition coefficient (Wildman–Crippen LogP) is 5.92. The molecule has 0 aromatic heterocycles. The van der Waals surface area contributed by atoms with Crippen LogP contribution in [0.1, 0.15) is 82.9 Å². The molecular weight excluding hydrogens is 427 g/mol. The van der Waals surface area contributed by atoms with Gasteiger partial charge in [0.25, 0.3) is 0 Å². The lowest BCUT2D eigenvalue weighted by atomic mass is 9.86. The molecule has 3 rings (SSSR count). The third-order valence-corrected chi connectivity index (χ3v) is 6.80. The minimum Gasteiger partial charge on any atom is -0.352 e. The average Bonchev–Trinajstić information content (AvgIpc) is 3.31. The van der Waals surface area contributed by atoms with Gasteiger partial charge in [0.15, 0.2) is 0 Å². The lowest BCUT2D eigenvalue weighted by Crippen LogP contribution is -2.51. The van der Waals surface area contributed by atoms with Crippen LogP contribution in [-0.4, -0.2) is 28.8 Å². The molecule has 2 aromatic carbocycles. The second-order valence-corrected chi connectivity index (χ2v) is 10.5. The molecule has 5 heteroatoms. The van der Waals surface area contributed by atoms with Gasteiger partial charge in [0.2, 0.25) is 11.8 Å². The Labute approximate surface area is 203 Å². The Bertz CT molecular complexity index is 942. The number of carbonyl (C=O) groups is 2. The van der Waals surface area contributed by atoms with Gasteiger partial charge in [0.05, 0.1) is 0 Å². The van der Waals surface area contributed by atoms with E-state index in [0.29, 0.717) is 25.8 Å². The summed E-state index contributed by atoms with van der Waals surface area (Å²) in [4.78, 5) is 28.3. The smallest absolute Gasteiger partial charge is 0.243 e. The normalized spacial score (nSPS) is 15.2. The van der Waals surface area contributed by atoms with E-state index in [0.717, 1.165) is 36.8 Å². The number of aryl methyl sites for hydroxylation is 1. The highest BCUT2D eigenvalue weighted by molar-refractivity contribution is 5.88. The van der Waals surface area contributed by atoms with Gasteiger partial charge in [-0.1, -0.05) is 76.9 Å². The zero-order valence-corrected chi connectivity index (χ0v) is 21.1. The SMILES string of the molecule is CCC(C(=O)NC1CCCC1)N(Cc1ccc(F)cc1)C(=O)CCc1ccc(C(C)(C)C)cc1. The second-order valence-electron chi connectivity index (χ2n) is 10.5. The van der Waals surface area contributed by atoms with Crippen LogP contribution in [0.25, 0.3) is 0 Å². The van der Waals surface area contributed by atoms with Crippen LogP contribution >= 0.6 is 0 Å². The molecule has 2 amide bonds. The van der Waals surface area contributed by atoms with Gasteiger partial charge >= 0.3 is 0 Å². The summed E-state index contributed by atoms with van der Waals surface area (Å²) >= 11 is 0. The molecule has 0 radical (unpaired) electrons. The minimum atomic E-state index is -0.540. The van der Waals surface area contributed by atoms with Crippen molar-refractivity contribution in [2.24, 2.45) is 0 Å². The lowest BCUT2D eigenvalue weighted by molar-refractivity contribution is -0.141. The molecule has 0 saturated heterocycles. The molecule has 1 fully saturated rings. The van der Waals surface area contributed by atoms with E-state index in [9.17, 15) is 14.0 Å². The van der Waals surface area contributed by atoms with Crippen molar-refractivity contribution < 1.29 is 14.0 Å². The molecule has 1 N–H and O–H groups in total. The van der Waals surface area contributed by atoms with E-state index in [1.807, 2.05) is 6.92 Å². The summed E-state index contributed by atoms with van der Waals surface area (Å²) in [7, 11) is 0. The second kappa shape index (κ2) is 11.6. The van der Waals surface area contributed by atoms with Crippen LogP contribution in [0, 0.1) is 5.82 Å². The topological polar surface area (TPSA) is 49.4 Å². The molecule has 4 nitrogen and oxygen atoms in total. The fraction of sp³-hybridized carbons (Fsp3) is 0.517. The first-order chi connectivity index (χ1) is 16.2. The Hall–Kier alpha value is -2.69. The van der Waals surface area contributed by atoms with Crippen molar-refractivity contribution >= 4 is 11.8 Å². The minimum absolute atomic E-state index is 0.0577. The third kappa shape index (κ3) is 7.15. The summed E-state index contributed by atoms with van der Waals surface area (Å²) in [5.74, 6) is -0.455. The zero-order chi connectivity index (χ0) is 24.7. The van der Waals surface area contributed by atoms with E-state index in [2.05, 4.69) is 50.4 Å². The van der Waals surface area contributed by atoms with Crippen LogP contribution in [-0.2, 0) is 28.0 Å². The van der Waals surface area contributed by atoms with E-state index in [1.54, 1.807) is 17.0 Å². The first kappa shape index (κ1) is 25.9. The van der Waals surface area contributed by atoms with Gasteiger partial charge in [-0.15, -0.1) is 0 Å². The Morgan fingerprint density at radius 3 is 2.15 bits per heavy atom.